The number of hydrogen-bond donors (Lipinski definition) is 1. The normalized spacial score (nSPS) is 17.9. The molecule has 0 amide bonds. The molecule has 0 radical (unpaired) electrons. The third-order valence-corrected chi connectivity index (χ3v) is 3.72. The van der Waals surface area contributed by atoms with Gasteiger partial charge >= 0.3 is 0 Å². The van der Waals surface area contributed by atoms with Crippen molar-refractivity contribution >= 4 is 5.69 Å². The van der Waals surface area contributed by atoms with E-state index in [0.717, 1.165) is 30.7 Å². The zero-order valence-corrected chi connectivity index (χ0v) is 11.4. The van der Waals surface area contributed by atoms with Crippen molar-refractivity contribution in [2.45, 2.75) is 25.3 Å². The molecule has 1 heterocycles. The van der Waals surface area contributed by atoms with Crippen LogP contribution in [0, 0.1) is 0 Å². The van der Waals surface area contributed by atoms with Crippen molar-refractivity contribution in [3.05, 3.63) is 41.7 Å². The second-order valence-electron chi connectivity index (χ2n) is 5.12. The quantitative estimate of drug-likeness (QED) is 0.917. The summed E-state index contributed by atoms with van der Waals surface area (Å²) in [5.41, 5.74) is 3.94. The molecule has 0 aliphatic heterocycles. The van der Waals surface area contributed by atoms with Gasteiger partial charge < -0.3 is 10.1 Å². The van der Waals surface area contributed by atoms with Crippen LogP contribution in [-0.2, 0) is 19.9 Å². The zero-order chi connectivity index (χ0) is 13.2. The summed E-state index contributed by atoms with van der Waals surface area (Å²) in [5.74, 6) is 0.945. The summed E-state index contributed by atoms with van der Waals surface area (Å²) in [5, 5.41) is 7.74. The summed E-state index contributed by atoms with van der Waals surface area (Å²) >= 11 is 0. The average molecular weight is 257 g/mol. The van der Waals surface area contributed by atoms with E-state index in [2.05, 4.69) is 22.5 Å². The molecule has 4 heteroatoms. The Kier molecular flexibility index (Phi) is 3.15. The summed E-state index contributed by atoms with van der Waals surface area (Å²) in [6.07, 6.45) is 7.22. The standard InChI is InChI=1S/C15H19N3O/c1-18-10-14(9-16-18)17-13-5-3-11-4-6-15(19-2)8-12(11)7-13/h4,6,8-10,13,17H,3,5,7H2,1-2H3. The Morgan fingerprint density at radius 3 is 3.00 bits per heavy atom. The largest absolute Gasteiger partial charge is 0.497 e. The summed E-state index contributed by atoms with van der Waals surface area (Å²) in [4.78, 5) is 0. The maximum absolute atomic E-state index is 5.30. The van der Waals surface area contributed by atoms with E-state index in [-0.39, 0.29) is 0 Å². The molecule has 1 aliphatic rings. The fourth-order valence-electron chi connectivity index (χ4n) is 2.72. The number of anilines is 1. The molecule has 0 saturated carbocycles. The molecule has 4 nitrogen and oxygen atoms in total. The lowest BCUT2D eigenvalue weighted by atomic mass is 9.88. The van der Waals surface area contributed by atoms with Gasteiger partial charge in [0.25, 0.3) is 0 Å². The molecule has 1 N–H and O–H groups in total. The van der Waals surface area contributed by atoms with Gasteiger partial charge in [0.2, 0.25) is 0 Å². The van der Waals surface area contributed by atoms with E-state index in [1.807, 2.05) is 30.2 Å². The van der Waals surface area contributed by atoms with Gasteiger partial charge in [-0.2, -0.15) is 5.10 Å². The first-order valence-electron chi connectivity index (χ1n) is 6.65. The van der Waals surface area contributed by atoms with Gasteiger partial charge in [-0.3, -0.25) is 4.68 Å². The van der Waals surface area contributed by atoms with Gasteiger partial charge in [-0.05, 0) is 42.5 Å². The highest BCUT2D eigenvalue weighted by Gasteiger charge is 2.19. The first-order chi connectivity index (χ1) is 9.24. The van der Waals surface area contributed by atoms with E-state index >= 15 is 0 Å². The lowest BCUT2D eigenvalue weighted by Crippen LogP contribution is -2.27. The second kappa shape index (κ2) is 4.96. The smallest absolute Gasteiger partial charge is 0.119 e. The van der Waals surface area contributed by atoms with E-state index in [4.69, 9.17) is 4.74 Å². The number of nitrogens with zero attached hydrogens (tertiary/aromatic N) is 2. The Morgan fingerprint density at radius 2 is 2.26 bits per heavy atom. The van der Waals surface area contributed by atoms with Gasteiger partial charge in [0, 0.05) is 19.3 Å². The lowest BCUT2D eigenvalue weighted by Gasteiger charge is -2.26. The molecule has 2 aromatic rings. The van der Waals surface area contributed by atoms with Crippen molar-refractivity contribution in [3.8, 4) is 5.75 Å². The number of aryl methyl sites for hydroxylation is 2. The number of nitrogens with one attached hydrogen (secondary N) is 1. The summed E-state index contributed by atoms with van der Waals surface area (Å²) < 4.78 is 7.12. The molecule has 100 valence electrons. The van der Waals surface area contributed by atoms with Gasteiger partial charge in [0.05, 0.1) is 19.0 Å². The molecule has 1 aliphatic carbocycles. The van der Waals surface area contributed by atoms with Crippen LogP contribution in [0.2, 0.25) is 0 Å². The molecule has 1 aromatic heterocycles. The van der Waals surface area contributed by atoms with Crippen LogP contribution in [0.1, 0.15) is 17.5 Å². The average Bonchev–Trinajstić information content (AvgIpc) is 2.83. The highest BCUT2D eigenvalue weighted by Crippen LogP contribution is 2.27. The minimum atomic E-state index is 0.476. The van der Waals surface area contributed by atoms with Crippen LogP contribution in [0.25, 0.3) is 0 Å². The van der Waals surface area contributed by atoms with Crippen LogP contribution in [0.4, 0.5) is 5.69 Å². The molecule has 1 unspecified atom stereocenters. The van der Waals surface area contributed by atoms with Gasteiger partial charge in [0.1, 0.15) is 5.75 Å². The molecule has 1 atom stereocenters. The van der Waals surface area contributed by atoms with E-state index < -0.39 is 0 Å². The maximum atomic E-state index is 5.30. The van der Waals surface area contributed by atoms with Crippen molar-refractivity contribution in [1.29, 1.82) is 0 Å². The Morgan fingerprint density at radius 1 is 1.37 bits per heavy atom. The predicted molar refractivity (Wildman–Crippen MR) is 75.6 cm³/mol. The number of rotatable bonds is 3. The van der Waals surface area contributed by atoms with Crippen molar-refractivity contribution in [1.82, 2.24) is 9.78 Å². The Labute approximate surface area is 113 Å². The SMILES string of the molecule is COc1ccc2c(c1)CC(Nc1cnn(C)c1)CC2. The molecule has 3 rings (SSSR count). The first-order valence-corrected chi connectivity index (χ1v) is 6.65. The molecular weight excluding hydrogens is 238 g/mol. The Balaban J connectivity index is 1.74. The molecule has 0 fully saturated rings. The van der Waals surface area contributed by atoms with Crippen molar-refractivity contribution in [2.75, 3.05) is 12.4 Å². The van der Waals surface area contributed by atoms with Gasteiger partial charge in [-0.25, -0.2) is 0 Å². The monoisotopic (exact) mass is 257 g/mol. The van der Waals surface area contributed by atoms with Gasteiger partial charge in [0.15, 0.2) is 0 Å². The van der Waals surface area contributed by atoms with Gasteiger partial charge in [-0.15, -0.1) is 0 Å². The number of ether oxygens (including phenoxy) is 1. The lowest BCUT2D eigenvalue weighted by molar-refractivity contribution is 0.413. The molecule has 19 heavy (non-hydrogen) atoms. The summed E-state index contributed by atoms with van der Waals surface area (Å²) in [6, 6.07) is 6.87. The van der Waals surface area contributed by atoms with Crippen LogP contribution in [0.5, 0.6) is 5.75 Å². The number of fused-ring (bicyclic) bond motifs is 1. The minimum absolute atomic E-state index is 0.476. The predicted octanol–water partition coefficient (Wildman–Crippen LogP) is 2.40. The number of methoxy groups -OCH3 is 1. The van der Waals surface area contributed by atoms with E-state index in [1.165, 1.54) is 11.1 Å². The minimum Gasteiger partial charge on any atom is -0.497 e. The van der Waals surface area contributed by atoms with E-state index in [1.54, 1.807) is 7.11 Å². The van der Waals surface area contributed by atoms with Gasteiger partial charge in [-0.1, -0.05) is 6.07 Å². The third kappa shape index (κ3) is 2.57. The zero-order valence-electron chi connectivity index (χ0n) is 11.4. The van der Waals surface area contributed by atoms with Crippen LogP contribution >= 0.6 is 0 Å². The van der Waals surface area contributed by atoms with Crippen molar-refractivity contribution in [3.63, 3.8) is 0 Å². The molecule has 0 spiro atoms. The molecule has 0 saturated heterocycles. The summed E-state index contributed by atoms with van der Waals surface area (Å²) in [7, 11) is 3.65. The van der Waals surface area contributed by atoms with Crippen LogP contribution in [-0.4, -0.2) is 22.9 Å². The van der Waals surface area contributed by atoms with Crippen molar-refractivity contribution < 1.29 is 4.74 Å². The molecule has 0 bridgehead atoms. The van der Waals surface area contributed by atoms with Crippen LogP contribution < -0.4 is 10.1 Å². The van der Waals surface area contributed by atoms with Crippen molar-refractivity contribution in [2.24, 2.45) is 7.05 Å². The number of hydrogen-bond acceptors (Lipinski definition) is 3. The van der Waals surface area contributed by atoms with E-state index in [9.17, 15) is 0 Å². The Bertz CT molecular complexity index is 577. The summed E-state index contributed by atoms with van der Waals surface area (Å²) in [6.45, 7) is 0. The highest BCUT2D eigenvalue weighted by atomic mass is 16.5. The molecule has 1 aromatic carbocycles. The third-order valence-electron chi connectivity index (χ3n) is 3.72. The van der Waals surface area contributed by atoms with E-state index in [0.29, 0.717) is 6.04 Å². The fraction of sp³-hybridized carbons (Fsp3) is 0.400. The van der Waals surface area contributed by atoms with Crippen LogP contribution in [0.3, 0.4) is 0 Å². The highest BCUT2D eigenvalue weighted by molar-refractivity contribution is 5.43. The number of aromatic nitrogens is 2. The molecular formula is C15H19N3O. The first kappa shape index (κ1) is 12.1. The second-order valence-corrected chi connectivity index (χ2v) is 5.12. The maximum Gasteiger partial charge on any atom is 0.119 e. The Hall–Kier alpha value is -1.97. The topological polar surface area (TPSA) is 39.1 Å². The van der Waals surface area contributed by atoms with Crippen LogP contribution in [0.15, 0.2) is 30.6 Å². The number of benzene rings is 1. The fourth-order valence-corrected chi connectivity index (χ4v) is 2.72.